The molecule has 0 aromatic carbocycles. The number of amides is 2. The van der Waals surface area contributed by atoms with E-state index in [1.807, 2.05) is 13.1 Å². The molecule has 0 saturated heterocycles. The fraction of sp³-hybridized carbons (Fsp3) is 0.389. The van der Waals surface area contributed by atoms with Crippen molar-refractivity contribution in [2.24, 2.45) is 13.0 Å². The van der Waals surface area contributed by atoms with E-state index in [0.717, 1.165) is 15.9 Å². The summed E-state index contributed by atoms with van der Waals surface area (Å²) in [6.45, 7) is 6.79. The van der Waals surface area contributed by atoms with Crippen molar-refractivity contribution in [3.8, 4) is 0 Å². The number of fused-ring (bicyclic) bond motifs is 1. The quantitative estimate of drug-likeness (QED) is 0.694. The van der Waals surface area contributed by atoms with E-state index in [0.29, 0.717) is 23.1 Å². The molecule has 7 nitrogen and oxygen atoms in total. The van der Waals surface area contributed by atoms with E-state index in [4.69, 9.17) is 4.42 Å². The van der Waals surface area contributed by atoms with Crippen molar-refractivity contribution in [1.29, 1.82) is 0 Å². The molecular formula is C18H22N4O3S. The van der Waals surface area contributed by atoms with Crippen molar-refractivity contribution in [1.82, 2.24) is 20.4 Å². The van der Waals surface area contributed by atoms with E-state index in [1.54, 1.807) is 23.7 Å². The summed E-state index contributed by atoms with van der Waals surface area (Å²) in [5.41, 5.74) is 0.721. The Morgan fingerprint density at radius 2 is 2.04 bits per heavy atom. The molecule has 3 rings (SSSR count). The zero-order valence-corrected chi connectivity index (χ0v) is 16.1. The summed E-state index contributed by atoms with van der Waals surface area (Å²) < 4.78 is 7.05. The van der Waals surface area contributed by atoms with E-state index < -0.39 is 0 Å². The molecule has 3 heterocycles. The number of aryl methyl sites for hydroxylation is 2. The van der Waals surface area contributed by atoms with Crippen LogP contribution >= 0.6 is 11.3 Å². The van der Waals surface area contributed by atoms with Gasteiger partial charge < -0.3 is 15.1 Å². The van der Waals surface area contributed by atoms with Gasteiger partial charge in [0.15, 0.2) is 5.76 Å². The van der Waals surface area contributed by atoms with Gasteiger partial charge in [0, 0.05) is 19.0 Å². The molecule has 0 bridgehead atoms. The van der Waals surface area contributed by atoms with Crippen LogP contribution in [-0.2, 0) is 13.6 Å². The summed E-state index contributed by atoms with van der Waals surface area (Å²) in [5, 5.41) is 11.1. The van der Waals surface area contributed by atoms with Crippen molar-refractivity contribution in [3.63, 3.8) is 0 Å². The third-order valence-electron chi connectivity index (χ3n) is 3.86. The van der Waals surface area contributed by atoms with Gasteiger partial charge in [-0.15, -0.1) is 11.3 Å². The second-order valence-electron chi connectivity index (χ2n) is 6.60. The number of nitrogens with one attached hydrogen (secondary N) is 2. The highest BCUT2D eigenvalue weighted by atomic mass is 32.1. The Kier molecular flexibility index (Phi) is 5.13. The molecule has 0 radical (unpaired) electrons. The minimum absolute atomic E-state index is 0.0825. The van der Waals surface area contributed by atoms with Crippen molar-refractivity contribution in [3.05, 3.63) is 40.3 Å². The molecule has 2 N–H and O–H groups in total. The number of hydrogen-bond donors (Lipinski definition) is 2. The second-order valence-corrected chi connectivity index (χ2v) is 7.63. The second kappa shape index (κ2) is 7.33. The molecule has 0 fully saturated rings. The standard InChI is InChI=1S/C18H22N4O3S/c1-10(2)8-19-17(24)15-7-12-13(21-22(4)18(12)26-15)9-20-16(23)14-6-5-11(3)25-14/h5-7,10H,8-9H2,1-4H3,(H,19,24)(H,20,23). The molecule has 2 amide bonds. The Morgan fingerprint density at radius 3 is 2.69 bits per heavy atom. The lowest BCUT2D eigenvalue weighted by molar-refractivity contribution is 0.0919. The van der Waals surface area contributed by atoms with Crippen LogP contribution < -0.4 is 10.6 Å². The maximum Gasteiger partial charge on any atom is 0.287 e. The average Bonchev–Trinajstić information content (AvgIpc) is 3.28. The van der Waals surface area contributed by atoms with Gasteiger partial charge >= 0.3 is 0 Å². The number of rotatable bonds is 6. The van der Waals surface area contributed by atoms with Gasteiger partial charge in [-0.3, -0.25) is 14.3 Å². The molecule has 0 aliphatic heterocycles. The highest BCUT2D eigenvalue weighted by Crippen LogP contribution is 2.28. The van der Waals surface area contributed by atoms with E-state index in [-0.39, 0.29) is 24.1 Å². The van der Waals surface area contributed by atoms with Gasteiger partial charge in [0.05, 0.1) is 17.1 Å². The summed E-state index contributed by atoms with van der Waals surface area (Å²) in [6.07, 6.45) is 0. The smallest absolute Gasteiger partial charge is 0.287 e. The van der Waals surface area contributed by atoms with Crippen LogP contribution in [0, 0.1) is 12.8 Å². The topological polar surface area (TPSA) is 89.2 Å². The van der Waals surface area contributed by atoms with E-state index in [2.05, 4.69) is 29.6 Å². The summed E-state index contributed by atoms with van der Waals surface area (Å²) >= 11 is 1.40. The Labute approximate surface area is 155 Å². The van der Waals surface area contributed by atoms with Crippen LogP contribution in [0.25, 0.3) is 10.2 Å². The number of carbonyl (C=O) groups is 2. The first kappa shape index (κ1) is 18.2. The lowest BCUT2D eigenvalue weighted by Gasteiger charge is -2.05. The van der Waals surface area contributed by atoms with E-state index in [1.165, 1.54) is 11.3 Å². The molecule has 26 heavy (non-hydrogen) atoms. The van der Waals surface area contributed by atoms with Gasteiger partial charge in [-0.2, -0.15) is 5.10 Å². The number of thiophene rings is 1. The third-order valence-corrected chi connectivity index (χ3v) is 5.06. The van der Waals surface area contributed by atoms with Gasteiger partial charge in [-0.1, -0.05) is 13.8 Å². The van der Waals surface area contributed by atoms with Crippen molar-refractivity contribution < 1.29 is 14.0 Å². The molecule has 0 aliphatic rings. The predicted molar refractivity (Wildman–Crippen MR) is 100 cm³/mol. The molecular weight excluding hydrogens is 352 g/mol. The van der Waals surface area contributed by atoms with Crippen LogP contribution in [0.15, 0.2) is 22.6 Å². The lowest BCUT2D eigenvalue weighted by atomic mass is 10.2. The summed E-state index contributed by atoms with van der Waals surface area (Å²) in [4.78, 5) is 26.0. The summed E-state index contributed by atoms with van der Waals surface area (Å²) in [7, 11) is 1.83. The van der Waals surface area contributed by atoms with Crippen molar-refractivity contribution in [2.45, 2.75) is 27.3 Å². The maximum absolute atomic E-state index is 12.3. The molecule has 0 unspecified atom stereocenters. The molecule has 0 atom stereocenters. The first-order valence-electron chi connectivity index (χ1n) is 8.43. The maximum atomic E-state index is 12.3. The van der Waals surface area contributed by atoms with Crippen LogP contribution in [0.4, 0.5) is 0 Å². The van der Waals surface area contributed by atoms with Crippen molar-refractivity contribution in [2.75, 3.05) is 6.54 Å². The SMILES string of the molecule is Cc1ccc(C(=O)NCc2nn(C)c3sc(C(=O)NCC(C)C)cc23)o1. The zero-order chi connectivity index (χ0) is 18.8. The molecule has 3 aromatic heterocycles. The minimum Gasteiger partial charge on any atom is -0.456 e. The van der Waals surface area contributed by atoms with Crippen LogP contribution in [-0.4, -0.2) is 28.1 Å². The largest absolute Gasteiger partial charge is 0.456 e. The summed E-state index contributed by atoms with van der Waals surface area (Å²) in [5.74, 6) is 0.980. The first-order chi connectivity index (χ1) is 12.3. The molecule has 0 spiro atoms. The Balaban J connectivity index is 1.74. The van der Waals surface area contributed by atoms with Gasteiger partial charge in [-0.25, -0.2) is 0 Å². The number of hydrogen-bond acceptors (Lipinski definition) is 5. The highest BCUT2D eigenvalue weighted by Gasteiger charge is 2.18. The van der Waals surface area contributed by atoms with E-state index >= 15 is 0 Å². The number of carbonyl (C=O) groups excluding carboxylic acids is 2. The van der Waals surface area contributed by atoms with Gasteiger partial charge in [0.1, 0.15) is 10.6 Å². The summed E-state index contributed by atoms with van der Waals surface area (Å²) in [6, 6.07) is 5.22. The monoisotopic (exact) mass is 374 g/mol. The fourth-order valence-corrected chi connectivity index (χ4v) is 3.55. The molecule has 3 aromatic rings. The van der Waals surface area contributed by atoms with Crippen LogP contribution in [0.5, 0.6) is 0 Å². The Bertz CT molecular complexity index is 951. The van der Waals surface area contributed by atoms with E-state index in [9.17, 15) is 9.59 Å². The average molecular weight is 374 g/mol. The van der Waals surface area contributed by atoms with Crippen LogP contribution in [0.1, 0.15) is 45.5 Å². The molecule has 138 valence electrons. The molecule has 0 aliphatic carbocycles. The zero-order valence-electron chi connectivity index (χ0n) is 15.3. The third kappa shape index (κ3) is 3.80. The Morgan fingerprint density at radius 1 is 1.27 bits per heavy atom. The number of aromatic nitrogens is 2. The van der Waals surface area contributed by atoms with Crippen LogP contribution in [0.3, 0.4) is 0 Å². The van der Waals surface area contributed by atoms with Gasteiger partial charge in [0.2, 0.25) is 0 Å². The number of nitrogens with zero attached hydrogens (tertiary/aromatic N) is 2. The normalized spacial score (nSPS) is 11.3. The predicted octanol–water partition coefficient (Wildman–Crippen LogP) is 2.85. The van der Waals surface area contributed by atoms with Crippen LogP contribution in [0.2, 0.25) is 0 Å². The molecule has 8 heteroatoms. The lowest BCUT2D eigenvalue weighted by Crippen LogP contribution is -2.26. The Hall–Kier alpha value is -2.61. The molecule has 0 saturated carbocycles. The minimum atomic E-state index is -0.290. The van der Waals surface area contributed by atoms with Gasteiger partial charge in [-0.05, 0) is 31.0 Å². The highest BCUT2D eigenvalue weighted by molar-refractivity contribution is 7.20. The van der Waals surface area contributed by atoms with Crippen molar-refractivity contribution >= 4 is 33.4 Å². The first-order valence-corrected chi connectivity index (χ1v) is 9.25. The van der Waals surface area contributed by atoms with Gasteiger partial charge in [0.25, 0.3) is 11.8 Å². The fourth-order valence-electron chi connectivity index (χ4n) is 2.54. The number of furan rings is 1.